The second-order valence-corrected chi connectivity index (χ2v) is 4.76. The van der Waals surface area contributed by atoms with Crippen molar-refractivity contribution in [1.29, 1.82) is 0 Å². The van der Waals surface area contributed by atoms with Crippen molar-refractivity contribution in [2.75, 3.05) is 0 Å². The van der Waals surface area contributed by atoms with Crippen molar-refractivity contribution in [3.63, 3.8) is 0 Å². The molecular formula is C16H8O6. The SMILES string of the molecule is O=C(O)c1ccc2c(C(=O)O)c1c(=O)c1cccc(c1)c2=O. The summed E-state index contributed by atoms with van der Waals surface area (Å²) in [5.41, 5.74) is -2.30. The standard InChI is InChI=1S/C16H8O6/c17-13-7-2-1-3-8(6-7)14(18)11-10(15(19)20)5-4-9(13)12(11)16(21)22/h1-6H,(H,19,20)(H,21,22). The Morgan fingerprint density at radius 2 is 1.45 bits per heavy atom. The van der Waals surface area contributed by atoms with Gasteiger partial charge in [0, 0.05) is 16.2 Å². The minimum atomic E-state index is -1.51. The fourth-order valence-corrected chi connectivity index (χ4v) is 2.53. The van der Waals surface area contributed by atoms with Crippen molar-refractivity contribution in [2.24, 2.45) is 0 Å². The summed E-state index contributed by atoms with van der Waals surface area (Å²) in [6.07, 6.45) is 0. The van der Waals surface area contributed by atoms with Crippen LogP contribution in [-0.4, -0.2) is 22.2 Å². The largest absolute Gasteiger partial charge is 0.478 e. The van der Waals surface area contributed by atoms with Crippen LogP contribution in [0.3, 0.4) is 0 Å². The first-order valence-electron chi connectivity index (χ1n) is 6.25. The smallest absolute Gasteiger partial charge is 0.337 e. The highest BCUT2D eigenvalue weighted by atomic mass is 16.4. The monoisotopic (exact) mass is 296 g/mol. The molecule has 0 saturated carbocycles. The molecule has 0 saturated heterocycles. The summed E-state index contributed by atoms with van der Waals surface area (Å²) in [4.78, 5) is 47.8. The molecule has 3 aromatic carbocycles. The molecule has 3 rings (SSSR count). The normalized spacial score (nSPS) is 10.9. The maximum absolute atomic E-state index is 12.5. The maximum atomic E-state index is 12.5. The van der Waals surface area contributed by atoms with Crippen molar-refractivity contribution in [3.05, 3.63) is 68.0 Å². The van der Waals surface area contributed by atoms with Gasteiger partial charge in [-0.2, -0.15) is 0 Å². The fourth-order valence-electron chi connectivity index (χ4n) is 2.53. The third-order valence-electron chi connectivity index (χ3n) is 3.51. The molecule has 0 aliphatic rings. The number of carboxylic acids is 2. The lowest BCUT2D eigenvalue weighted by Gasteiger charge is -2.06. The first-order valence-corrected chi connectivity index (χ1v) is 6.25. The summed E-state index contributed by atoms with van der Waals surface area (Å²) in [7, 11) is 0. The molecule has 0 spiro atoms. The van der Waals surface area contributed by atoms with Crippen molar-refractivity contribution in [1.82, 2.24) is 0 Å². The van der Waals surface area contributed by atoms with E-state index >= 15 is 0 Å². The van der Waals surface area contributed by atoms with E-state index in [-0.39, 0.29) is 16.2 Å². The van der Waals surface area contributed by atoms with E-state index in [0.717, 1.165) is 12.1 Å². The van der Waals surface area contributed by atoms with E-state index in [4.69, 9.17) is 0 Å². The lowest BCUT2D eigenvalue weighted by molar-refractivity contribution is 0.0696. The number of hydrogen-bond acceptors (Lipinski definition) is 4. The van der Waals surface area contributed by atoms with Crippen LogP contribution in [0.4, 0.5) is 0 Å². The van der Waals surface area contributed by atoms with E-state index in [1.54, 1.807) is 0 Å². The Balaban J connectivity index is 2.83. The Kier molecular flexibility index (Phi) is 2.88. The Labute approximate surface area is 122 Å². The number of carboxylic acid groups (broad SMARTS) is 2. The third-order valence-corrected chi connectivity index (χ3v) is 3.51. The van der Waals surface area contributed by atoms with E-state index in [1.807, 2.05) is 0 Å². The van der Waals surface area contributed by atoms with Gasteiger partial charge in [0.25, 0.3) is 0 Å². The summed E-state index contributed by atoms with van der Waals surface area (Å²) in [6.45, 7) is 0. The highest BCUT2D eigenvalue weighted by Gasteiger charge is 2.21. The average Bonchev–Trinajstić information content (AvgIpc) is 2.51. The molecule has 0 aliphatic heterocycles. The van der Waals surface area contributed by atoms with Crippen LogP contribution < -0.4 is 10.9 Å². The molecule has 0 amide bonds. The minimum Gasteiger partial charge on any atom is -0.478 e. The molecule has 3 aromatic rings. The lowest BCUT2D eigenvalue weighted by atomic mass is 9.96. The van der Waals surface area contributed by atoms with Crippen LogP contribution in [-0.2, 0) is 0 Å². The van der Waals surface area contributed by atoms with Crippen LogP contribution >= 0.6 is 0 Å². The molecule has 6 heteroatoms. The van der Waals surface area contributed by atoms with Gasteiger partial charge in [-0.3, -0.25) is 9.59 Å². The number of aromatic carboxylic acids is 2. The number of fused-ring (bicyclic) bond motifs is 4. The molecule has 0 radical (unpaired) electrons. The van der Waals surface area contributed by atoms with Gasteiger partial charge in [-0.1, -0.05) is 18.2 Å². The summed E-state index contributed by atoms with van der Waals surface area (Å²) < 4.78 is 0. The molecule has 0 heterocycles. The van der Waals surface area contributed by atoms with Crippen LogP contribution in [0.2, 0.25) is 0 Å². The third kappa shape index (κ3) is 1.81. The second-order valence-electron chi connectivity index (χ2n) is 4.76. The highest BCUT2D eigenvalue weighted by Crippen LogP contribution is 2.20. The van der Waals surface area contributed by atoms with Gasteiger partial charge < -0.3 is 10.2 Å². The molecule has 22 heavy (non-hydrogen) atoms. The van der Waals surface area contributed by atoms with Gasteiger partial charge in [-0.15, -0.1) is 0 Å². The fraction of sp³-hybridized carbons (Fsp3) is 0. The van der Waals surface area contributed by atoms with Gasteiger partial charge in [0.15, 0.2) is 10.9 Å². The average molecular weight is 296 g/mol. The minimum absolute atomic E-state index is 0.0766. The Bertz CT molecular complexity index is 1070. The zero-order chi connectivity index (χ0) is 16.0. The van der Waals surface area contributed by atoms with Gasteiger partial charge in [0.2, 0.25) is 0 Å². The van der Waals surface area contributed by atoms with E-state index in [2.05, 4.69) is 0 Å². The predicted octanol–water partition coefficient (Wildman–Crippen LogP) is 1.55. The van der Waals surface area contributed by atoms with Crippen LogP contribution in [0.15, 0.2) is 46.0 Å². The lowest BCUT2D eigenvalue weighted by Crippen LogP contribution is -2.17. The van der Waals surface area contributed by atoms with E-state index in [9.17, 15) is 29.4 Å². The molecule has 0 aliphatic carbocycles. The van der Waals surface area contributed by atoms with Crippen LogP contribution in [0, 0.1) is 0 Å². The van der Waals surface area contributed by atoms with Gasteiger partial charge in [-0.05, 0) is 18.2 Å². The summed E-state index contributed by atoms with van der Waals surface area (Å²) >= 11 is 0. The summed E-state index contributed by atoms with van der Waals surface area (Å²) in [5.74, 6) is -2.94. The molecular weight excluding hydrogens is 288 g/mol. The Hall–Kier alpha value is -3.28. The molecule has 0 aromatic heterocycles. The topological polar surface area (TPSA) is 109 Å². The number of hydrogen-bond donors (Lipinski definition) is 2. The zero-order valence-electron chi connectivity index (χ0n) is 11.0. The number of benzene rings is 2. The predicted molar refractivity (Wildman–Crippen MR) is 79.1 cm³/mol. The van der Waals surface area contributed by atoms with Gasteiger partial charge in [-0.25, -0.2) is 9.59 Å². The maximum Gasteiger partial charge on any atom is 0.337 e. The van der Waals surface area contributed by atoms with Gasteiger partial charge >= 0.3 is 11.9 Å². The van der Waals surface area contributed by atoms with Crippen molar-refractivity contribution in [2.45, 2.75) is 0 Å². The van der Waals surface area contributed by atoms with Gasteiger partial charge in [0.05, 0.1) is 16.5 Å². The molecule has 6 nitrogen and oxygen atoms in total. The zero-order valence-corrected chi connectivity index (χ0v) is 11.0. The van der Waals surface area contributed by atoms with Crippen molar-refractivity contribution in [3.8, 4) is 0 Å². The number of rotatable bonds is 2. The molecule has 4 bridgehead atoms. The Morgan fingerprint density at radius 1 is 0.818 bits per heavy atom. The molecule has 0 atom stereocenters. The van der Waals surface area contributed by atoms with Crippen LogP contribution in [0.1, 0.15) is 20.7 Å². The second kappa shape index (κ2) is 4.63. The van der Waals surface area contributed by atoms with Crippen LogP contribution in [0.25, 0.3) is 21.5 Å². The van der Waals surface area contributed by atoms with Crippen molar-refractivity contribution < 1.29 is 19.8 Å². The number of carbonyl (C=O) groups is 2. The van der Waals surface area contributed by atoms with E-state index in [1.165, 1.54) is 24.3 Å². The van der Waals surface area contributed by atoms with E-state index in [0.29, 0.717) is 0 Å². The molecule has 0 unspecified atom stereocenters. The van der Waals surface area contributed by atoms with Crippen LogP contribution in [0.5, 0.6) is 0 Å². The summed E-state index contributed by atoms with van der Waals surface area (Å²) in [6, 6.07) is 7.93. The van der Waals surface area contributed by atoms with Crippen molar-refractivity contribution >= 4 is 33.5 Å². The molecule has 2 N–H and O–H groups in total. The highest BCUT2D eigenvalue weighted by molar-refractivity contribution is 6.12. The molecule has 0 fully saturated rings. The first kappa shape index (κ1) is 13.7. The Morgan fingerprint density at radius 3 is 2.05 bits per heavy atom. The van der Waals surface area contributed by atoms with Gasteiger partial charge in [0.1, 0.15) is 0 Å². The summed E-state index contributed by atoms with van der Waals surface area (Å²) in [5, 5.41) is 18.2. The first-order chi connectivity index (χ1) is 10.4. The molecule has 108 valence electrons. The quantitative estimate of drug-likeness (QED) is 0.742. The van der Waals surface area contributed by atoms with E-state index < -0.39 is 39.3 Å².